The summed E-state index contributed by atoms with van der Waals surface area (Å²) in [6.45, 7) is 1.49. The van der Waals surface area contributed by atoms with E-state index < -0.39 is 6.10 Å². The van der Waals surface area contributed by atoms with Crippen LogP contribution < -0.4 is 0 Å². The Labute approximate surface area is 173 Å². The Bertz CT molecular complexity index is 1010. The standard InChI is InChI=1S/C21H23ClN4O3/c1-29-13-18-24-17-7-4-10-23-20(17)26(18)14-8-11-25(12-9-14)21(28)19(27)15-5-2-3-6-16(15)22/h2-7,10,14,19,27H,8-9,11-13H2,1H3. The lowest BCUT2D eigenvalue weighted by atomic mass is 10.0. The van der Waals surface area contributed by atoms with Crippen LogP contribution in [0.1, 0.15) is 36.4 Å². The molecule has 1 aliphatic rings. The molecular weight excluding hydrogens is 392 g/mol. The molecule has 3 heterocycles. The van der Waals surface area contributed by atoms with Crippen LogP contribution in [0.2, 0.25) is 5.02 Å². The first-order valence-electron chi connectivity index (χ1n) is 9.62. The van der Waals surface area contributed by atoms with Crippen LogP contribution in [0.25, 0.3) is 11.2 Å². The highest BCUT2D eigenvalue weighted by molar-refractivity contribution is 6.31. The number of amides is 1. The molecule has 1 unspecified atom stereocenters. The van der Waals surface area contributed by atoms with Crippen molar-refractivity contribution in [1.82, 2.24) is 19.4 Å². The van der Waals surface area contributed by atoms with Gasteiger partial charge in [0.2, 0.25) is 0 Å². The molecule has 0 aliphatic carbocycles. The summed E-state index contributed by atoms with van der Waals surface area (Å²) in [5, 5.41) is 10.9. The number of piperidine rings is 1. The van der Waals surface area contributed by atoms with E-state index in [1.54, 1.807) is 42.5 Å². The van der Waals surface area contributed by atoms with Gasteiger partial charge in [-0.3, -0.25) is 4.79 Å². The molecule has 3 aromatic rings. The number of nitrogens with zero attached hydrogens (tertiary/aromatic N) is 4. The predicted octanol–water partition coefficient (Wildman–Crippen LogP) is 3.13. The number of rotatable bonds is 5. The van der Waals surface area contributed by atoms with E-state index in [2.05, 4.69) is 14.5 Å². The number of imidazole rings is 1. The van der Waals surface area contributed by atoms with Gasteiger partial charge in [-0.2, -0.15) is 0 Å². The van der Waals surface area contributed by atoms with E-state index in [0.29, 0.717) is 30.3 Å². The lowest BCUT2D eigenvalue weighted by molar-refractivity contribution is -0.141. The molecule has 0 bridgehead atoms. The third-order valence-electron chi connectivity index (χ3n) is 5.37. The van der Waals surface area contributed by atoms with Crippen LogP contribution >= 0.6 is 11.6 Å². The molecule has 152 valence electrons. The van der Waals surface area contributed by atoms with Gasteiger partial charge >= 0.3 is 0 Å². The van der Waals surface area contributed by atoms with Crippen LogP contribution in [0.5, 0.6) is 0 Å². The Morgan fingerprint density at radius 1 is 1.28 bits per heavy atom. The van der Waals surface area contributed by atoms with Gasteiger partial charge in [0.1, 0.15) is 17.9 Å². The first kappa shape index (κ1) is 19.8. The fourth-order valence-corrected chi connectivity index (χ4v) is 4.18. The number of aliphatic hydroxyl groups excluding tert-OH is 1. The van der Waals surface area contributed by atoms with Crippen molar-refractivity contribution < 1.29 is 14.6 Å². The maximum atomic E-state index is 12.8. The quantitative estimate of drug-likeness (QED) is 0.693. The number of aromatic nitrogens is 3. The second-order valence-electron chi connectivity index (χ2n) is 7.16. The zero-order valence-electron chi connectivity index (χ0n) is 16.2. The summed E-state index contributed by atoms with van der Waals surface area (Å²) in [7, 11) is 1.65. The third kappa shape index (κ3) is 3.85. The number of halogens is 1. The maximum absolute atomic E-state index is 12.8. The average Bonchev–Trinajstić information content (AvgIpc) is 3.11. The Morgan fingerprint density at radius 3 is 2.76 bits per heavy atom. The maximum Gasteiger partial charge on any atom is 0.256 e. The summed E-state index contributed by atoms with van der Waals surface area (Å²) in [4.78, 5) is 23.6. The number of aliphatic hydroxyl groups is 1. The van der Waals surface area contributed by atoms with Crippen molar-refractivity contribution in [1.29, 1.82) is 0 Å². The minimum absolute atomic E-state index is 0.168. The number of carbonyl (C=O) groups is 1. The number of methoxy groups -OCH3 is 1. The van der Waals surface area contributed by atoms with E-state index >= 15 is 0 Å². The summed E-state index contributed by atoms with van der Waals surface area (Å²) >= 11 is 6.14. The molecule has 1 saturated heterocycles. The Balaban J connectivity index is 1.50. The summed E-state index contributed by atoms with van der Waals surface area (Å²) in [5.41, 5.74) is 2.11. The van der Waals surface area contributed by atoms with Gasteiger partial charge in [0.15, 0.2) is 11.8 Å². The Kier molecular flexibility index (Phi) is 5.80. The van der Waals surface area contributed by atoms with Crippen LogP contribution in [0.15, 0.2) is 42.6 Å². The third-order valence-corrected chi connectivity index (χ3v) is 5.71. The van der Waals surface area contributed by atoms with Gasteiger partial charge < -0.3 is 19.3 Å². The zero-order chi connectivity index (χ0) is 20.4. The van der Waals surface area contributed by atoms with Gasteiger partial charge in [-0.1, -0.05) is 29.8 Å². The molecule has 0 saturated carbocycles. The molecule has 1 fully saturated rings. The molecular formula is C21H23ClN4O3. The first-order chi connectivity index (χ1) is 14.1. The summed E-state index contributed by atoms with van der Waals surface area (Å²) in [5.74, 6) is 0.518. The van der Waals surface area contributed by atoms with E-state index in [9.17, 15) is 9.90 Å². The minimum atomic E-state index is -1.25. The van der Waals surface area contributed by atoms with Crippen LogP contribution in [-0.4, -0.2) is 50.6 Å². The minimum Gasteiger partial charge on any atom is -0.378 e. The Morgan fingerprint density at radius 2 is 2.03 bits per heavy atom. The van der Waals surface area contributed by atoms with E-state index in [1.807, 2.05) is 12.1 Å². The second-order valence-corrected chi connectivity index (χ2v) is 7.56. The SMILES string of the molecule is COCc1nc2cccnc2n1C1CCN(C(=O)C(O)c2ccccc2Cl)CC1. The molecule has 1 amide bonds. The van der Waals surface area contributed by atoms with Crippen molar-refractivity contribution in [3.63, 3.8) is 0 Å². The van der Waals surface area contributed by atoms with Crippen molar-refractivity contribution in [3.8, 4) is 0 Å². The normalized spacial score (nSPS) is 16.3. The smallest absolute Gasteiger partial charge is 0.256 e. The largest absolute Gasteiger partial charge is 0.378 e. The summed E-state index contributed by atoms with van der Waals surface area (Å²) < 4.78 is 7.45. The molecule has 0 radical (unpaired) electrons. The highest BCUT2D eigenvalue weighted by atomic mass is 35.5. The molecule has 1 N–H and O–H groups in total. The monoisotopic (exact) mass is 414 g/mol. The molecule has 29 heavy (non-hydrogen) atoms. The molecule has 4 rings (SSSR count). The molecule has 1 atom stereocenters. The number of hydrogen-bond acceptors (Lipinski definition) is 5. The van der Waals surface area contributed by atoms with E-state index in [1.165, 1.54) is 0 Å². The van der Waals surface area contributed by atoms with Crippen molar-refractivity contribution in [2.24, 2.45) is 0 Å². The molecule has 8 heteroatoms. The number of ether oxygens (including phenoxy) is 1. The van der Waals surface area contributed by atoms with E-state index in [-0.39, 0.29) is 11.9 Å². The van der Waals surface area contributed by atoms with Gasteiger partial charge in [0, 0.05) is 43.0 Å². The lowest BCUT2D eigenvalue weighted by Crippen LogP contribution is -2.41. The lowest BCUT2D eigenvalue weighted by Gasteiger charge is -2.34. The van der Waals surface area contributed by atoms with Crippen molar-refractivity contribution in [3.05, 3.63) is 59.0 Å². The van der Waals surface area contributed by atoms with Crippen molar-refractivity contribution >= 4 is 28.7 Å². The fourth-order valence-electron chi connectivity index (χ4n) is 3.94. The Hall–Kier alpha value is -2.48. The highest BCUT2D eigenvalue weighted by Gasteiger charge is 2.31. The number of pyridine rings is 1. The number of benzene rings is 1. The number of likely N-dealkylation sites (tertiary alicyclic amines) is 1. The van der Waals surface area contributed by atoms with Crippen LogP contribution in [0, 0.1) is 0 Å². The van der Waals surface area contributed by atoms with Gasteiger partial charge in [-0.25, -0.2) is 9.97 Å². The van der Waals surface area contributed by atoms with E-state index in [4.69, 9.17) is 16.3 Å². The highest BCUT2D eigenvalue weighted by Crippen LogP contribution is 2.30. The molecule has 7 nitrogen and oxygen atoms in total. The fraction of sp³-hybridized carbons (Fsp3) is 0.381. The number of carbonyl (C=O) groups excluding carboxylic acids is 1. The molecule has 0 spiro atoms. The van der Waals surface area contributed by atoms with Gasteiger partial charge in [0.25, 0.3) is 5.91 Å². The molecule has 1 aliphatic heterocycles. The zero-order valence-corrected chi connectivity index (χ0v) is 16.9. The number of fused-ring (bicyclic) bond motifs is 1. The van der Waals surface area contributed by atoms with Crippen LogP contribution in [0.3, 0.4) is 0 Å². The summed E-state index contributed by atoms with van der Waals surface area (Å²) in [6.07, 6.45) is 2.01. The molecule has 1 aromatic carbocycles. The predicted molar refractivity (Wildman–Crippen MR) is 110 cm³/mol. The van der Waals surface area contributed by atoms with Crippen LogP contribution in [0.4, 0.5) is 0 Å². The number of hydrogen-bond donors (Lipinski definition) is 1. The topological polar surface area (TPSA) is 80.5 Å². The second kappa shape index (κ2) is 8.49. The van der Waals surface area contributed by atoms with Crippen molar-refractivity contribution in [2.75, 3.05) is 20.2 Å². The average molecular weight is 415 g/mol. The van der Waals surface area contributed by atoms with Crippen molar-refractivity contribution in [2.45, 2.75) is 31.6 Å². The molecule has 2 aromatic heterocycles. The van der Waals surface area contributed by atoms with Gasteiger partial charge in [-0.05, 0) is 31.0 Å². The van der Waals surface area contributed by atoms with Gasteiger partial charge in [-0.15, -0.1) is 0 Å². The van der Waals surface area contributed by atoms with Gasteiger partial charge in [0.05, 0.1) is 0 Å². The van der Waals surface area contributed by atoms with Crippen LogP contribution in [-0.2, 0) is 16.1 Å². The summed E-state index contributed by atoms with van der Waals surface area (Å²) in [6, 6.07) is 10.9. The first-order valence-corrected chi connectivity index (χ1v) is 10.00. The van der Waals surface area contributed by atoms with E-state index in [0.717, 1.165) is 29.8 Å².